The molecule has 0 bridgehead atoms. The number of hydrogen-bond acceptors (Lipinski definition) is 4. The molecular formula is C15H24N2O2. The number of phenols is 1. The van der Waals surface area contributed by atoms with Crippen LogP contribution in [0.2, 0.25) is 0 Å². The van der Waals surface area contributed by atoms with E-state index >= 15 is 0 Å². The van der Waals surface area contributed by atoms with E-state index in [1.54, 1.807) is 13.2 Å². The molecule has 4 nitrogen and oxygen atoms in total. The van der Waals surface area contributed by atoms with Gasteiger partial charge < -0.3 is 15.2 Å². The van der Waals surface area contributed by atoms with Crippen molar-refractivity contribution >= 4 is 0 Å². The molecule has 1 saturated heterocycles. The highest BCUT2D eigenvalue weighted by Crippen LogP contribution is 2.33. The highest BCUT2D eigenvalue weighted by molar-refractivity contribution is 5.42. The molecule has 0 radical (unpaired) electrons. The van der Waals surface area contributed by atoms with Gasteiger partial charge in [0.1, 0.15) is 0 Å². The highest BCUT2D eigenvalue weighted by atomic mass is 16.5. The summed E-state index contributed by atoms with van der Waals surface area (Å²) in [4.78, 5) is 2.52. The third kappa shape index (κ3) is 3.39. The number of nitrogens with one attached hydrogen (secondary N) is 1. The lowest BCUT2D eigenvalue weighted by atomic mass is 9.99. The van der Waals surface area contributed by atoms with Crippen LogP contribution in [0.1, 0.15) is 31.4 Å². The molecule has 1 fully saturated rings. The Hall–Kier alpha value is -1.26. The van der Waals surface area contributed by atoms with E-state index in [2.05, 4.69) is 17.1 Å². The van der Waals surface area contributed by atoms with E-state index in [4.69, 9.17) is 4.74 Å². The zero-order valence-electron chi connectivity index (χ0n) is 11.9. The van der Waals surface area contributed by atoms with Crippen LogP contribution in [0.4, 0.5) is 0 Å². The predicted molar refractivity (Wildman–Crippen MR) is 76.8 cm³/mol. The second-order valence-corrected chi connectivity index (χ2v) is 5.02. The van der Waals surface area contributed by atoms with E-state index in [1.165, 1.54) is 5.56 Å². The number of benzene rings is 1. The smallest absolute Gasteiger partial charge is 0.160 e. The van der Waals surface area contributed by atoms with Gasteiger partial charge in [0, 0.05) is 32.2 Å². The monoisotopic (exact) mass is 264 g/mol. The maximum atomic E-state index is 9.71. The largest absolute Gasteiger partial charge is 0.504 e. The Balaban J connectivity index is 2.22. The summed E-state index contributed by atoms with van der Waals surface area (Å²) >= 11 is 0. The molecule has 1 aliphatic heterocycles. The van der Waals surface area contributed by atoms with Gasteiger partial charge >= 0.3 is 0 Å². The number of phenolic OH excluding ortho intramolecular Hbond substituents is 1. The maximum absolute atomic E-state index is 9.71. The first kappa shape index (κ1) is 14.2. The van der Waals surface area contributed by atoms with Crippen molar-refractivity contribution in [2.24, 2.45) is 0 Å². The zero-order chi connectivity index (χ0) is 13.7. The fourth-order valence-electron chi connectivity index (χ4n) is 2.73. The Morgan fingerprint density at radius 3 is 2.74 bits per heavy atom. The molecule has 0 spiro atoms. The van der Waals surface area contributed by atoms with Gasteiger partial charge in [-0.1, -0.05) is 19.4 Å². The van der Waals surface area contributed by atoms with Gasteiger partial charge in [0.25, 0.3) is 0 Å². The van der Waals surface area contributed by atoms with Gasteiger partial charge in [-0.15, -0.1) is 0 Å². The number of piperazine rings is 1. The molecule has 0 aromatic heterocycles. The predicted octanol–water partition coefficient (Wildman–Crippen LogP) is 2.15. The van der Waals surface area contributed by atoms with Crippen molar-refractivity contribution in [1.29, 1.82) is 0 Å². The molecule has 2 rings (SSSR count). The van der Waals surface area contributed by atoms with Crippen LogP contribution < -0.4 is 10.1 Å². The first-order chi connectivity index (χ1) is 9.26. The summed E-state index contributed by atoms with van der Waals surface area (Å²) in [5, 5.41) is 13.1. The Labute approximate surface area is 115 Å². The normalized spacial score (nSPS) is 18.2. The Morgan fingerprint density at radius 1 is 1.37 bits per heavy atom. The summed E-state index contributed by atoms with van der Waals surface area (Å²) in [7, 11) is 1.60. The van der Waals surface area contributed by atoms with Gasteiger partial charge in [0.2, 0.25) is 0 Å². The summed E-state index contributed by atoms with van der Waals surface area (Å²) in [5.74, 6) is 0.774. The first-order valence-electron chi connectivity index (χ1n) is 7.08. The molecule has 0 saturated carbocycles. The number of rotatable bonds is 5. The molecule has 1 aromatic rings. The SMILES string of the molecule is CCC[C@@H](c1ccc(O)c(OC)c1)N1CCNCC1. The molecule has 19 heavy (non-hydrogen) atoms. The molecule has 0 amide bonds. The third-order valence-electron chi connectivity index (χ3n) is 3.74. The minimum absolute atomic E-state index is 0.210. The minimum atomic E-state index is 0.210. The topological polar surface area (TPSA) is 44.7 Å². The Kier molecular flexibility index (Phi) is 5.05. The molecule has 4 heteroatoms. The second kappa shape index (κ2) is 6.78. The van der Waals surface area contributed by atoms with Crippen molar-refractivity contribution in [3.63, 3.8) is 0 Å². The molecule has 2 N–H and O–H groups in total. The van der Waals surface area contributed by atoms with E-state index in [9.17, 15) is 5.11 Å². The summed E-state index contributed by atoms with van der Waals surface area (Å²) < 4.78 is 5.22. The molecule has 1 aromatic carbocycles. The molecule has 0 unspecified atom stereocenters. The third-order valence-corrected chi connectivity index (χ3v) is 3.74. The van der Waals surface area contributed by atoms with Crippen LogP contribution in [0.25, 0.3) is 0 Å². The van der Waals surface area contributed by atoms with Gasteiger partial charge in [-0.3, -0.25) is 4.90 Å². The van der Waals surface area contributed by atoms with Crippen LogP contribution in [0.3, 0.4) is 0 Å². The van der Waals surface area contributed by atoms with Crippen LogP contribution in [0.5, 0.6) is 11.5 Å². The standard InChI is InChI=1S/C15H24N2O2/c1-3-4-13(17-9-7-16-8-10-17)12-5-6-14(18)15(11-12)19-2/h5-6,11,13,16,18H,3-4,7-10H2,1-2H3/t13-/m0/s1. The van der Waals surface area contributed by atoms with Crippen LogP contribution >= 0.6 is 0 Å². The van der Waals surface area contributed by atoms with Crippen molar-refractivity contribution in [3.05, 3.63) is 23.8 Å². The van der Waals surface area contributed by atoms with Crippen LogP contribution in [-0.4, -0.2) is 43.3 Å². The maximum Gasteiger partial charge on any atom is 0.160 e. The highest BCUT2D eigenvalue weighted by Gasteiger charge is 2.22. The van der Waals surface area contributed by atoms with E-state index in [1.807, 2.05) is 12.1 Å². The van der Waals surface area contributed by atoms with Crippen molar-refractivity contribution < 1.29 is 9.84 Å². The lowest BCUT2D eigenvalue weighted by molar-refractivity contribution is 0.164. The summed E-state index contributed by atoms with van der Waals surface area (Å²) in [6, 6.07) is 6.14. The van der Waals surface area contributed by atoms with Crippen LogP contribution in [-0.2, 0) is 0 Å². The summed E-state index contributed by atoms with van der Waals surface area (Å²) in [6.45, 7) is 6.47. The van der Waals surface area contributed by atoms with E-state index in [0.29, 0.717) is 11.8 Å². The fraction of sp³-hybridized carbons (Fsp3) is 0.600. The van der Waals surface area contributed by atoms with Crippen molar-refractivity contribution in [2.75, 3.05) is 33.3 Å². The fourth-order valence-corrected chi connectivity index (χ4v) is 2.73. The van der Waals surface area contributed by atoms with Crippen LogP contribution in [0.15, 0.2) is 18.2 Å². The van der Waals surface area contributed by atoms with Crippen LogP contribution in [0, 0.1) is 0 Å². The van der Waals surface area contributed by atoms with Gasteiger partial charge in [-0.25, -0.2) is 0 Å². The Bertz CT molecular complexity index is 403. The molecule has 1 atom stereocenters. The van der Waals surface area contributed by atoms with Gasteiger partial charge in [0.15, 0.2) is 11.5 Å². The van der Waals surface area contributed by atoms with Gasteiger partial charge in [-0.2, -0.15) is 0 Å². The zero-order valence-corrected chi connectivity index (χ0v) is 11.9. The second-order valence-electron chi connectivity index (χ2n) is 5.02. The number of aromatic hydroxyl groups is 1. The van der Waals surface area contributed by atoms with Gasteiger partial charge in [-0.05, 0) is 24.1 Å². The van der Waals surface area contributed by atoms with E-state index in [0.717, 1.165) is 39.0 Å². The lowest BCUT2D eigenvalue weighted by Gasteiger charge is -2.35. The Morgan fingerprint density at radius 2 is 2.11 bits per heavy atom. The quantitative estimate of drug-likeness (QED) is 0.855. The minimum Gasteiger partial charge on any atom is -0.504 e. The number of methoxy groups -OCH3 is 1. The lowest BCUT2D eigenvalue weighted by Crippen LogP contribution is -2.45. The molecular weight excluding hydrogens is 240 g/mol. The van der Waals surface area contributed by atoms with Crippen molar-refractivity contribution in [3.8, 4) is 11.5 Å². The molecule has 106 valence electrons. The molecule has 1 aliphatic rings. The van der Waals surface area contributed by atoms with Crippen molar-refractivity contribution in [1.82, 2.24) is 10.2 Å². The first-order valence-corrected chi connectivity index (χ1v) is 7.08. The number of nitrogens with zero attached hydrogens (tertiary/aromatic N) is 1. The number of hydrogen-bond donors (Lipinski definition) is 2. The van der Waals surface area contributed by atoms with E-state index in [-0.39, 0.29) is 5.75 Å². The average molecular weight is 264 g/mol. The summed E-state index contributed by atoms with van der Waals surface area (Å²) in [5.41, 5.74) is 1.23. The van der Waals surface area contributed by atoms with Crippen molar-refractivity contribution in [2.45, 2.75) is 25.8 Å². The van der Waals surface area contributed by atoms with Gasteiger partial charge in [0.05, 0.1) is 7.11 Å². The number of ether oxygens (including phenoxy) is 1. The van der Waals surface area contributed by atoms with E-state index < -0.39 is 0 Å². The molecule has 0 aliphatic carbocycles. The average Bonchev–Trinajstić information content (AvgIpc) is 2.46. The summed E-state index contributed by atoms with van der Waals surface area (Å²) in [6.07, 6.45) is 2.28. The molecule has 1 heterocycles.